The van der Waals surface area contributed by atoms with Gasteiger partial charge in [-0.3, -0.25) is 4.79 Å². The van der Waals surface area contributed by atoms with Crippen molar-refractivity contribution in [3.8, 4) is 17.2 Å². The molecule has 5 atom stereocenters. The lowest BCUT2D eigenvalue weighted by Crippen LogP contribution is -2.45. The van der Waals surface area contributed by atoms with Crippen LogP contribution in [0.25, 0.3) is 0 Å². The number of pyridine rings is 1. The van der Waals surface area contributed by atoms with Crippen molar-refractivity contribution in [3.05, 3.63) is 48.3 Å². The average molecular weight is 549 g/mol. The number of hydrogen-bond acceptors (Lipinski definition) is 10. The molecule has 2 rings (SSSR count). The highest BCUT2D eigenvalue weighted by molar-refractivity contribution is 5.98. The van der Waals surface area contributed by atoms with Gasteiger partial charge in [0.1, 0.15) is 24.0 Å². The van der Waals surface area contributed by atoms with E-state index in [1.54, 1.807) is 14.0 Å². The zero-order valence-corrected chi connectivity index (χ0v) is 23.4. The minimum absolute atomic E-state index is 0.00680. The number of nitrogens with one attached hydrogen (secondary N) is 1. The van der Waals surface area contributed by atoms with Crippen LogP contribution in [-0.4, -0.2) is 74.1 Å². The molecule has 0 aliphatic carbocycles. The number of amides is 1. The summed E-state index contributed by atoms with van der Waals surface area (Å²) in [5.41, 5.74) is -0.118. The Morgan fingerprint density at radius 1 is 1.08 bits per heavy atom. The highest BCUT2D eigenvalue weighted by Crippen LogP contribution is 2.30. The first-order valence-electron chi connectivity index (χ1n) is 12.9. The Morgan fingerprint density at radius 3 is 2.41 bits per heavy atom. The summed E-state index contributed by atoms with van der Waals surface area (Å²) in [6, 6.07) is 9.84. The number of methoxy groups -OCH3 is 2. The first-order valence-corrected chi connectivity index (χ1v) is 12.9. The summed E-state index contributed by atoms with van der Waals surface area (Å²) in [5.74, 6) is -0.354. The van der Waals surface area contributed by atoms with Crippen molar-refractivity contribution in [3.63, 3.8) is 0 Å². The molecule has 0 saturated carbocycles. The topological polar surface area (TPSA) is 135 Å². The van der Waals surface area contributed by atoms with Gasteiger partial charge in [0.25, 0.3) is 5.91 Å². The van der Waals surface area contributed by atoms with Gasteiger partial charge in [-0.05, 0) is 45.7 Å². The number of aromatic nitrogens is 1. The van der Waals surface area contributed by atoms with Gasteiger partial charge in [-0.25, -0.2) is 9.78 Å². The van der Waals surface area contributed by atoms with E-state index in [1.807, 2.05) is 37.3 Å². The molecule has 11 heteroatoms. The van der Waals surface area contributed by atoms with Crippen molar-refractivity contribution in [1.82, 2.24) is 10.3 Å². The van der Waals surface area contributed by atoms with Crippen LogP contribution in [0.3, 0.4) is 0 Å². The molecule has 0 bridgehead atoms. The van der Waals surface area contributed by atoms with E-state index in [0.717, 1.165) is 12.8 Å². The van der Waals surface area contributed by atoms with Gasteiger partial charge >= 0.3 is 5.97 Å². The van der Waals surface area contributed by atoms with Gasteiger partial charge < -0.3 is 38.8 Å². The van der Waals surface area contributed by atoms with Crippen LogP contribution < -0.4 is 19.5 Å². The van der Waals surface area contributed by atoms with Crippen LogP contribution in [0.2, 0.25) is 0 Å². The minimum Gasteiger partial charge on any atom is -0.493 e. The highest BCUT2D eigenvalue weighted by atomic mass is 16.7. The molecule has 39 heavy (non-hydrogen) atoms. The number of rotatable bonds is 17. The monoisotopic (exact) mass is 548 g/mol. The van der Waals surface area contributed by atoms with Crippen LogP contribution in [-0.2, 0) is 19.0 Å². The molecule has 0 saturated heterocycles. The lowest BCUT2D eigenvalue weighted by Gasteiger charge is -2.32. The van der Waals surface area contributed by atoms with Crippen LogP contribution >= 0.6 is 0 Å². The third-order valence-corrected chi connectivity index (χ3v) is 5.98. The largest absolute Gasteiger partial charge is 0.493 e. The number of carbonyl (C=O) groups is 2. The van der Waals surface area contributed by atoms with Crippen LogP contribution in [0.15, 0.2) is 42.6 Å². The molecule has 0 fully saturated rings. The van der Waals surface area contributed by atoms with Crippen molar-refractivity contribution >= 4 is 11.9 Å². The number of benzene rings is 1. The van der Waals surface area contributed by atoms with Crippen molar-refractivity contribution in [2.75, 3.05) is 27.6 Å². The number of ether oxygens (including phenoxy) is 6. The fourth-order valence-corrected chi connectivity index (χ4v) is 3.86. The molecular weight excluding hydrogens is 508 g/mol. The average Bonchev–Trinajstić information content (AvgIpc) is 2.92. The standard InChI is InChI=1S/C28H40N2O9/c1-7-21(14-16-34-5)25(39-22-11-9-8-10-12-22)19(3)38-28(33)18(2)30-27(32)24-26(37-17-36-20(4)31)23(35-6)13-15-29-24/h8-13,15,18-21,25,31H,7,14,16-17H2,1-6H3,(H,30,32)/t18-,19-,20?,21-,25-/m0/s1. The summed E-state index contributed by atoms with van der Waals surface area (Å²) in [4.78, 5) is 30.1. The van der Waals surface area contributed by atoms with E-state index in [9.17, 15) is 14.7 Å². The lowest BCUT2D eigenvalue weighted by molar-refractivity contribution is -0.156. The van der Waals surface area contributed by atoms with E-state index < -0.39 is 36.4 Å². The van der Waals surface area contributed by atoms with Gasteiger partial charge in [-0.1, -0.05) is 25.1 Å². The molecule has 0 radical (unpaired) electrons. The van der Waals surface area contributed by atoms with E-state index in [4.69, 9.17) is 28.4 Å². The third kappa shape index (κ3) is 10.0. The third-order valence-electron chi connectivity index (χ3n) is 5.98. The second-order valence-corrected chi connectivity index (χ2v) is 8.90. The van der Waals surface area contributed by atoms with Gasteiger partial charge in [0, 0.05) is 31.9 Å². The van der Waals surface area contributed by atoms with Gasteiger partial charge in [0.05, 0.1) is 7.11 Å². The number of aliphatic hydroxyl groups is 1. The molecule has 1 aromatic heterocycles. The van der Waals surface area contributed by atoms with E-state index in [1.165, 1.54) is 33.2 Å². The van der Waals surface area contributed by atoms with Crippen molar-refractivity contribution in [1.29, 1.82) is 0 Å². The van der Waals surface area contributed by atoms with Gasteiger partial charge in [-0.2, -0.15) is 0 Å². The lowest BCUT2D eigenvalue weighted by atomic mass is 9.92. The smallest absolute Gasteiger partial charge is 0.328 e. The molecule has 2 aromatic rings. The molecule has 1 unspecified atom stereocenters. The predicted octanol–water partition coefficient (Wildman–Crippen LogP) is 3.34. The zero-order chi connectivity index (χ0) is 28.8. The Balaban J connectivity index is 2.13. The van der Waals surface area contributed by atoms with Crippen molar-refractivity contribution < 1.29 is 43.1 Å². The van der Waals surface area contributed by atoms with Crippen molar-refractivity contribution in [2.45, 2.75) is 65.1 Å². The minimum atomic E-state index is -1.07. The number of nitrogens with zero attached hydrogens (tertiary/aromatic N) is 1. The number of para-hydroxylation sites is 1. The summed E-state index contributed by atoms with van der Waals surface area (Å²) in [7, 11) is 3.05. The second kappa shape index (κ2) is 16.5. The quantitative estimate of drug-likeness (QED) is 0.224. The van der Waals surface area contributed by atoms with E-state index in [-0.39, 0.29) is 29.9 Å². The van der Waals surface area contributed by atoms with Crippen LogP contribution in [0.5, 0.6) is 17.2 Å². The molecule has 2 N–H and O–H groups in total. The highest BCUT2D eigenvalue weighted by Gasteiger charge is 2.32. The molecule has 11 nitrogen and oxygen atoms in total. The molecule has 1 heterocycles. The predicted molar refractivity (Wildman–Crippen MR) is 143 cm³/mol. The Labute approximate surface area is 229 Å². The molecule has 1 amide bonds. The summed E-state index contributed by atoms with van der Waals surface area (Å²) < 4.78 is 33.0. The molecule has 216 valence electrons. The van der Waals surface area contributed by atoms with E-state index >= 15 is 0 Å². The normalized spacial score (nSPS) is 14.8. The Kier molecular flexibility index (Phi) is 13.5. The van der Waals surface area contributed by atoms with Crippen molar-refractivity contribution in [2.24, 2.45) is 5.92 Å². The molecular formula is C28H40N2O9. The SMILES string of the molecule is CC[C@@H](CCOC)[C@@H](Oc1ccccc1)[C@H](C)OC(=O)[C@H](C)NC(=O)c1nccc(OC)c1OCOC(C)O. The second-order valence-electron chi connectivity index (χ2n) is 8.90. The number of esters is 1. The van der Waals surface area contributed by atoms with Gasteiger partial charge in [0.2, 0.25) is 0 Å². The van der Waals surface area contributed by atoms with Gasteiger partial charge in [-0.15, -0.1) is 0 Å². The fourth-order valence-electron chi connectivity index (χ4n) is 3.86. The maximum Gasteiger partial charge on any atom is 0.328 e. The maximum absolute atomic E-state index is 13.0. The first kappa shape index (κ1) is 31.8. The van der Waals surface area contributed by atoms with Crippen LogP contribution in [0.1, 0.15) is 51.0 Å². The summed E-state index contributed by atoms with van der Waals surface area (Å²) in [6.45, 7) is 6.94. The van der Waals surface area contributed by atoms with E-state index in [0.29, 0.717) is 12.4 Å². The Bertz CT molecular complexity index is 1020. The summed E-state index contributed by atoms with van der Waals surface area (Å²) in [5, 5.41) is 11.9. The molecule has 0 aliphatic rings. The first-order chi connectivity index (χ1) is 18.7. The number of hydrogen-bond donors (Lipinski definition) is 2. The maximum atomic E-state index is 13.0. The fraction of sp³-hybridized carbons (Fsp3) is 0.536. The molecule has 1 aromatic carbocycles. The summed E-state index contributed by atoms with van der Waals surface area (Å²) >= 11 is 0. The zero-order valence-electron chi connectivity index (χ0n) is 23.4. The van der Waals surface area contributed by atoms with Crippen LogP contribution in [0.4, 0.5) is 0 Å². The summed E-state index contributed by atoms with van der Waals surface area (Å²) in [6.07, 6.45) is 0.759. The Hall–Kier alpha value is -3.41. The molecule has 0 aliphatic heterocycles. The number of aliphatic hydroxyl groups excluding tert-OH is 1. The van der Waals surface area contributed by atoms with Gasteiger partial charge in [0.15, 0.2) is 30.3 Å². The number of carbonyl (C=O) groups excluding carboxylic acids is 2. The molecule has 0 spiro atoms. The van der Waals surface area contributed by atoms with Crippen LogP contribution in [0, 0.1) is 5.92 Å². The van der Waals surface area contributed by atoms with E-state index in [2.05, 4.69) is 10.3 Å². The Morgan fingerprint density at radius 2 is 1.79 bits per heavy atom.